The summed E-state index contributed by atoms with van der Waals surface area (Å²) in [5.74, 6) is 1.06. The van der Waals surface area contributed by atoms with E-state index in [4.69, 9.17) is 4.99 Å². The molecule has 2 aromatic rings. The van der Waals surface area contributed by atoms with Gasteiger partial charge in [0, 0.05) is 58.9 Å². The molecule has 2 heterocycles. The van der Waals surface area contributed by atoms with E-state index in [1.165, 1.54) is 16.3 Å². The zero-order valence-corrected chi connectivity index (χ0v) is 22.3. The zero-order valence-electron chi connectivity index (χ0n) is 20.0. The van der Waals surface area contributed by atoms with Crippen molar-refractivity contribution in [1.82, 2.24) is 20.0 Å². The smallest absolute Gasteiger partial charge is 0.194 e. The van der Waals surface area contributed by atoms with Crippen molar-refractivity contribution in [3.8, 4) is 0 Å². The lowest BCUT2D eigenvalue weighted by Gasteiger charge is -2.36. The number of aliphatic hydroxyl groups is 1. The monoisotopic (exact) mass is 565 g/mol. The number of halogens is 1. The van der Waals surface area contributed by atoms with Crippen LogP contribution >= 0.6 is 24.0 Å². The van der Waals surface area contributed by atoms with Gasteiger partial charge >= 0.3 is 0 Å². The van der Waals surface area contributed by atoms with Crippen molar-refractivity contribution < 1.29 is 5.11 Å². The summed E-state index contributed by atoms with van der Waals surface area (Å²) in [4.78, 5) is 12.4. The first-order valence-corrected chi connectivity index (χ1v) is 12.4. The fourth-order valence-corrected chi connectivity index (χ4v) is 4.84. The topological polar surface area (TPSA) is 54.3 Å². The molecule has 0 amide bonds. The standard InChI is InChI=1S/C26H39N5O.HI/c1-2-27-26(28-13-6-14-29-15-11-24(32)12-16-29)31-19-17-30(18-20-31)21-23-9-5-8-22-7-3-4-10-25(22)23;/h3-5,7-10,24,32H,2,6,11-21H2,1H3,(H,27,28);1H. The number of piperazine rings is 1. The van der Waals surface area contributed by atoms with E-state index in [1.807, 2.05) is 0 Å². The molecule has 0 atom stereocenters. The second-order valence-corrected chi connectivity index (χ2v) is 9.06. The van der Waals surface area contributed by atoms with Crippen LogP contribution < -0.4 is 5.32 Å². The van der Waals surface area contributed by atoms with E-state index >= 15 is 0 Å². The second-order valence-electron chi connectivity index (χ2n) is 9.06. The van der Waals surface area contributed by atoms with Crippen molar-refractivity contribution in [3.63, 3.8) is 0 Å². The number of hydrogen-bond acceptors (Lipinski definition) is 4. The molecule has 182 valence electrons. The van der Waals surface area contributed by atoms with Gasteiger partial charge < -0.3 is 20.2 Å². The van der Waals surface area contributed by atoms with E-state index in [0.717, 1.165) is 90.7 Å². The highest BCUT2D eigenvalue weighted by Crippen LogP contribution is 2.20. The lowest BCUT2D eigenvalue weighted by Crippen LogP contribution is -2.52. The number of fused-ring (bicyclic) bond motifs is 1. The third-order valence-electron chi connectivity index (χ3n) is 6.73. The number of nitrogens with one attached hydrogen (secondary N) is 1. The highest BCUT2D eigenvalue weighted by atomic mass is 127. The number of hydrogen-bond donors (Lipinski definition) is 2. The molecular weight excluding hydrogens is 525 g/mol. The van der Waals surface area contributed by atoms with Crippen molar-refractivity contribution in [2.75, 3.05) is 58.9 Å². The molecule has 2 aliphatic rings. The molecule has 0 saturated carbocycles. The number of nitrogens with zero attached hydrogens (tertiary/aromatic N) is 4. The Morgan fingerprint density at radius 3 is 2.45 bits per heavy atom. The first kappa shape index (κ1) is 26.2. The van der Waals surface area contributed by atoms with Gasteiger partial charge in [-0.2, -0.15) is 0 Å². The molecule has 0 aliphatic carbocycles. The Kier molecular flexibility index (Phi) is 10.7. The summed E-state index contributed by atoms with van der Waals surface area (Å²) in [7, 11) is 0. The van der Waals surface area contributed by atoms with Crippen molar-refractivity contribution >= 4 is 40.7 Å². The molecule has 7 heteroatoms. The molecule has 0 aromatic heterocycles. The highest BCUT2D eigenvalue weighted by molar-refractivity contribution is 14.0. The van der Waals surface area contributed by atoms with Crippen LogP contribution in [-0.2, 0) is 6.54 Å². The van der Waals surface area contributed by atoms with Gasteiger partial charge in [0.1, 0.15) is 0 Å². The molecule has 0 radical (unpaired) electrons. The Hall–Kier alpha value is -1.42. The summed E-state index contributed by atoms with van der Waals surface area (Å²) in [6.07, 6.45) is 2.81. The number of guanidine groups is 1. The molecular formula is C26H40IN5O. The minimum Gasteiger partial charge on any atom is -0.393 e. The number of likely N-dealkylation sites (tertiary alicyclic amines) is 1. The minimum atomic E-state index is -0.0936. The molecule has 0 unspecified atom stereocenters. The third-order valence-corrected chi connectivity index (χ3v) is 6.73. The lowest BCUT2D eigenvalue weighted by molar-refractivity contribution is 0.0824. The number of aliphatic hydroxyl groups excluding tert-OH is 1. The normalized spacial score (nSPS) is 19.0. The quantitative estimate of drug-likeness (QED) is 0.234. The molecule has 2 aromatic carbocycles. The van der Waals surface area contributed by atoms with Crippen LogP contribution in [0.1, 0.15) is 31.7 Å². The average Bonchev–Trinajstić information content (AvgIpc) is 2.83. The maximum atomic E-state index is 9.66. The van der Waals surface area contributed by atoms with E-state index in [0.29, 0.717) is 0 Å². The fraction of sp³-hybridized carbons (Fsp3) is 0.577. The van der Waals surface area contributed by atoms with Gasteiger partial charge in [0.2, 0.25) is 0 Å². The molecule has 2 N–H and O–H groups in total. The van der Waals surface area contributed by atoms with Gasteiger partial charge in [-0.05, 0) is 49.1 Å². The Bertz CT molecular complexity index is 871. The highest BCUT2D eigenvalue weighted by Gasteiger charge is 2.20. The van der Waals surface area contributed by atoms with E-state index in [9.17, 15) is 5.11 Å². The molecule has 2 fully saturated rings. The molecule has 2 aliphatic heterocycles. The van der Waals surface area contributed by atoms with Crippen molar-refractivity contribution in [3.05, 3.63) is 48.0 Å². The van der Waals surface area contributed by atoms with Gasteiger partial charge in [0.25, 0.3) is 0 Å². The summed E-state index contributed by atoms with van der Waals surface area (Å²) in [5, 5.41) is 15.8. The SMILES string of the molecule is CCNC(=NCCCN1CCC(O)CC1)N1CCN(Cc2cccc3ccccc23)CC1.I. The van der Waals surface area contributed by atoms with Crippen LogP contribution in [0.3, 0.4) is 0 Å². The number of benzene rings is 2. The van der Waals surface area contributed by atoms with Gasteiger partial charge in [-0.25, -0.2) is 0 Å². The van der Waals surface area contributed by atoms with Crippen LogP contribution in [0.25, 0.3) is 10.8 Å². The van der Waals surface area contributed by atoms with Gasteiger partial charge in [0.05, 0.1) is 6.10 Å². The van der Waals surface area contributed by atoms with Crippen molar-refractivity contribution in [2.45, 2.75) is 38.8 Å². The molecule has 0 bridgehead atoms. The number of piperidine rings is 1. The van der Waals surface area contributed by atoms with Gasteiger partial charge in [-0.15, -0.1) is 24.0 Å². The zero-order chi connectivity index (χ0) is 22.2. The van der Waals surface area contributed by atoms with Gasteiger partial charge in [-0.1, -0.05) is 42.5 Å². The van der Waals surface area contributed by atoms with Crippen LogP contribution in [0.5, 0.6) is 0 Å². The maximum Gasteiger partial charge on any atom is 0.194 e. The Labute approximate surface area is 216 Å². The predicted molar refractivity (Wildman–Crippen MR) is 148 cm³/mol. The van der Waals surface area contributed by atoms with Gasteiger partial charge in [-0.3, -0.25) is 9.89 Å². The Morgan fingerprint density at radius 1 is 0.970 bits per heavy atom. The van der Waals surface area contributed by atoms with Crippen LogP contribution in [0.15, 0.2) is 47.5 Å². The van der Waals surface area contributed by atoms with Crippen molar-refractivity contribution in [2.24, 2.45) is 4.99 Å². The Balaban J connectivity index is 0.00000306. The van der Waals surface area contributed by atoms with Crippen LogP contribution in [-0.4, -0.2) is 90.8 Å². The molecule has 4 rings (SSSR count). The number of aliphatic imine (C=N–C) groups is 1. The van der Waals surface area contributed by atoms with E-state index in [1.54, 1.807) is 0 Å². The fourth-order valence-electron chi connectivity index (χ4n) is 4.84. The van der Waals surface area contributed by atoms with E-state index in [-0.39, 0.29) is 30.1 Å². The summed E-state index contributed by atoms with van der Waals surface area (Å²) in [5.41, 5.74) is 1.42. The second kappa shape index (κ2) is 13.5. The summed E-state index contributed by atoms with van der Waals surface area (Å²) < 4.78 is 0. The first-order valence-electron chi connectivity index (χ1n) is 12.4. The molecule has 2 saturated heterocycles. The molecule has 6 nitrogen and oxygen atoms in total. The largest absolute Gasteiger partial charge is 0.393 e. The van der Waals surface area contributed by atoms with Crippen LogP contribution in [0.2, 0.25) is 0 Å². The molecule has 33 heavy (non-hydrogen) atoms. The Morgan fingerprint density at radius 2 is 1.70 bits per heavy atom. The summed E-state index contributed by atoms with van der Waals surface area (Å²) in [6, 6.07) is 15.3. The number of rotatable bonds is 7. The van der Waals surface area contributed by atoms with Crippen LogP contribution in [0.4, 0.5) is 0 Å². The summed E-state index contributed by atoms with van der Waals surface area (Å²) >= 11 is 0. The third kappa shape index (κ3) is 7.53. The lowest BCUT2D eigenvalue weighted by atomic mass is 10.0. The first-order chi connectivity index (χ1) is 15.7. The average molecular weight is 566 g/mol. The van der Waals surface area contributed by atoms with E-state index in [2.05, 4.69) is 69.4 Å². The van der Waals surface area contributed by atoms with Crippen LogP contribution in [0, 0.1) is 0 Å². The summed E-state index contributed by atoms with van der Waals surface area (Å²) in [6.45, 7) is 12.2. The van der Waals surface area contributed by atoms with Gasteiger partial charge in [0.15, 0.2) is 5.96 Å². The van der Waals surface area contributed by atoms with Crippen molar-refractivity contribution in [1.29, 1.82) is 0 Å². The maximum absolute atomic E-state index is 9.66. The van der Waals surface area contributed by atoms with E-state index < -0.39 is 0 Å². The molecule has 0 spiro atoms. The minimum absolute atomic E-state index is 0. The predicted octanol–water partition coefficient (Wildman–Crippen LogP) is 3.39.